The van der Waals surface area contributed by atoms with Gasteiger partial charge in [-0.15, -0.1) is 0 Å². The molecule has 2 aromatic rings. The number of benzene rings is 2. The zero-order valence-corrected chi connectivity index (χ0v) is 21.9. The van der Waals surface area contributed by atoms with Gasteiger partial charge >= 0.3 is 12.4 Å². The summed E-state index contributed by atoms with van der Waals surface area (Å²) in [6.45, 7) is 2.15. The Morgan fingerprint density at radius 3 is 1.98 bits per heavy atom. The van der Waals surface area contributed by atoms with Crippen molar-refractivity contribution >= 4 is 17.7 Å². The summed E-state index contributed by atoms with van der Waals surface area (Å²) in [5, 5.41) is 0. The Hall–Kier alpha value is -3.57. The molecule has 2 aliphatic heterocycles. The summed E-state index contributed by atoms with van der Waals surface area (Å²) < 4.78 is 79.9. The zero-order chi connectivity index (χ0) is 29.4. The number of amides is 3. The number of hydrogen-bond donors (Lipinski definition) is 0. The lowest BCUT2D eigenvalue weighted by atomic mass is 9.79. The molecule has 0 spiro atoms. The van der Waals surface area contributed by atoms with Crippen molar-refractivity contribution in [1.29, 1.82) is 0 Å². The van der Waals surface area contributed by atoms with Crippen molar-refractivity contribution < 1.29 is 40.7 Å². The van der Waals surface area contributed by atoms with E-state index in [0.29, 0.717) is 25.2 Å². The Morgan fingerprint density at radius 2 is 1.45 bits per heavy atom. The number of piperidine rings is 1. The van der Waals surface area contributed by atoms with Crippen molar-refractivity contribution in [1.82, 2.24) is 14.7 Å². The summed E-state index contributed by atoms with van der Waals surface area (Å²) in [4.78, 5) is 42.6. The van der Waals surface area contributed by atoms with Crippen LogP contribution in [0.5, 0.6) is 0 Å². The summed E-state index contributed by atoms with van der Waals surface area (Å²) >= 11 is 0. The van der Waals surface area contributed by atoms with E-state index in [4.69, 9.17) is 0 Å². The standard InChI is InChI=1S/C28H29F6N3O3/c1-17(38)37-14-20(15-37)25(39)36-9-8-23(24(16-36)19-6-4-3-5-7-19)26(40)35(2)13-18-10-21(27(29,30)31)12-22(11-18)28(32,33)34/h3-7,10-12,20,23-24H,8-9,13-16H2,1-2H3/t23-,24-/m0/s1. The molecule has 2 aromatic carbocycles. The molecule has 2 atom stereocenters. The van der Waals surface area contributed by atoms with Crippen LogP contribution in [-0.2, 0) is 33.3 Å². The third-order valence-corrected chi connectivity index (χ3v) is 7.59. The summed E-state index contributed by atoms with van der Waals surface area (Å²) in [6, 6.07) is 10.3. The highest BCUT2D eigenvalue weighted by Gasteiger charge is 2.43. The zero-order valence-electron chi connectivity index (χ0n) is 21.9. The van der Waals surface area contributed by atoms with E-state index < -0.39 is 47.8 Å². The van der Waals surface area contributed by atoms with E-state index in [-0.39, 0.29) is 48.9 Å². The fraction of sp³-hybridized carbons (Fsp3) is 0.464. The van der Waals surface area contributed by atoms with Gasteiger partial charge in [0.1, 0.15) is 0 Å². The molecule has 2 aliphatic rings. The second-order valence-electron chi connectivity index (χ2n) is 10.4. The van der Waals surface area contributed by atoms with Crippen LogP contribution in [0.4, 0.5) is 26.3 Å². The van der Waals surface area contributed by atoms with Crippen molar-refractivity contribution in [3.63, 3.8) is 0 Å². The van der Waals surface area contributed by atoms with Crippen LogP contribution in [0.1, 0.15) is 41.5 Å². The van der Waals surface area contributed by atoms with Gasteiger partial charge in [-0.2, -0.15) is 26.3 Å². The maximum atomic E-state index is 13.6. The predicted molar refractivity (Wildman–Crippen MR) is 133 cm³/mol. The molecule has 0 aromatic heterocycles. The number of carbonyl (C=O) groups is 3. The van der Waals surface area contributed by atoms with Crippen molar-refractivity contribution in [2.24, 2.45) is 11.8 Å². The molecule has 0 N–H and O–H groups in total. The minimum absolute atomic E-state index is 0.0568. The molecule has 0 bridgehead atoms. The average Bonchev–Trinajstić information content (AvgIpc) is 2.86. The third kappa shape index (κ3) is 6.42. The maximum absolute atomic E-state index is 13.6. The Balaban J connectivity index is 1.53. The highest BCUT2D eigenvalue weighted by atomic mass is 19.4. The molecule has 216 valence electrons. The van der Waals surface area contributed by atoms with Gasteiger partial charge in [0.2, 0.25) is 17.7 Å². The molecule has 2 heterocycles. The predicted octanol–water partition coefficient (Wildman–Crippen LogP) is 4.79. The first-order valence-electron chi connectivity index (χ1n) is 12.8. The second-order valence-corrected chi connectivity index (χ2v) is 10.4. The molecule has 2 saturated heterocycles. The van der Waals surface area contributed by atoms with Gasteiger partial charge in [0, 0.05) is 58.5 Å². The molecule has 6 nitrogen and oxygen atoms in total. The Labute approximate surface area is 227 Å². The Morgan fingerprint density at radius 1 is 0.875 bits per heavy atom. The molecule has 2 fully saturated rings. The molecule has 12 heteroatoms. The Bertz CT molecular complexity index is 1230. The molecular weight excluding hydrogens is 540 g/mol. The average molecular weight is 570 g/mol. The second kappa shape index (κ2) is 11.1. The van der Waals surface area contributed by atoms with Gasteiger partial charge < -0.3 is 14.7 Å². The van der Waals surface area contributed by atoms with Crippen molar-refractivity contribution in [3.05, 3.63) is 70.8 Å². The van der Waals surface area contributed by atoms with Gasteiger partial charge in [-0.1, -0.05) is 30.3 Å². The first-order chi connectivity index (χ1) is 18.6. The van der Waals surface area contributed by atoms with Crippen LogP contribution < -0.4 is 0 Å². The van der Waals surface area contributed by atoms with Gasteiger partial charge in [0.05, 0.1) is 17.0 Å². The van der Waals surface area contributed by atoms with Crippen LogP contribution in [0.15, 0.2) is 48.5 Å². The van der Waals surface area contributed by atoms with E-state index in [1.165, 1.54) is 14.0 Å². The van der Waals surface area contributed by atoms with Crippen molar-refractivity contribution in [2.75, 3.05) is 33.2 Å². The summed E-state index contributed by atoms with van der Waals surface area (Å²) in [7, 11) is 1.35. The molecule has 0 radical (unpaired) electrons. The number of rotatable bonds is 5. The van der Waals surface area contributed by atoms with Gasteiger partial charge in [-0.3, -0.25) is 14.4 Å². The van der Waals surface area contributed by atoms with Gasteiger partial charge in [-0.05, 0) is 35.7 Å². The van der Waals surface area contributed by atoms with Gasteiger partial charge in [0.25, 0.3) is 0 Å². The van der Waals surface area contributed by atoms with Crippen LogP contribution >= 0.6 is 0 Å². The molecule has 3 amide bonds. The summed E-state index contributed by atoms with van der Waals surface area (Å²) in [5.41, 5.74) is -2.37. The minimum atomic E-state index is -4.99. The van der Waals surface area contributed by atoms with E-state index in [1.807, 2.05) is 12.1 Å². The molecular formula is C28H29F6N3O3. The number of halogens is 6. The van der Waals surface area contributed by atoms with Gasteiger partial charge in [0.15, 0.2) is 0 Å². The smallest absolute Gasteiger partial charge is 0.342 e. The molecule has 40 heavy (non-hydrogen) atoms. The Kier molecular flexibility index (Phi) is 8.18. The van der Waals surface area contributed by atoms with E-state index in [2.05, 4.69) is 0 Å². The molecule has 0 unspecified atom stereocenters. The lowest BCUT2D eigenvalue weighted by molar-refractivity contribution is -0.151. The number of likely N-dealkylation sites (tertiary alicyclic amines) is 2. The minimum Gasteiger partial charge on any atom is -0.342 e. The van der Waals surface area contributed by atoms with Crippen LogP contribution in [-0.4, -0.2) is 65.6 Å². The van der Waals surface area contributed by atoms with Crippen LogP contribution in [0.2, 0.25) is 0 Å². The van der Waals surface area contributed by atoms with Crippen LogP contribution in [0, 0.1) is 11.8 Å². The fourth-order valence-electron chi connectivity index (χ4n) is 5.38. The molecule has 4 rings (SSSR count). The highest BCUT2D eigenvalue weighted by molar-refractivity contribution is 5.85. The van der Waals surface area contributed by atoms with Crippen LogP contribution in [0.25, 0.3) is 0 Å². The van der Waals surface area contributed by atoms with E-state index in [1.54, 1.807) is 28.0 Å². The monoisotopic (exact) mass is 569 g/mol. The van der Waals surface area contributed by atoms with Crippen molar-refractivity contribution in [2.45, 2.75) is 38.2 Å². The fourth-order valence-corrected chi connectivity index (χ4v) is 5.38. The highest BCUT2D eigenvalue weighted by Crippen LogP contribution is 2.38. The number of hydrogen-bond acceptors (Lipinski definition) is 3. The van der Waals surface area contributed by atoms with E-state index >= 15 is 0 Å². The SMILES string of the molecule is CC(=O)N1CC(C(=O)N2CC[C@H](C(=O)N(C)Cc3cc(C(F)(F)F)cc(C(F)(F)F)c3)[C@H](c3ccccc3)C2)C1. The lowest BCUT2D eigenvalue weighted by Crippen LogP contribution is -2.58. The van der Waals surface area contributed by atoms with E-state index in [0.717, 1.165) is 10.5 Å². The van der Waals surface area contributed by atoms with Gasteiger partial charge in [-0.25, -0.2) is 0 Å². The lowest BCUT2D eigenvalue weighted by Gasteiger charge is -2.44. The largest absolute Gasteiger partial charge is 0.416 e. The van der Waals surface area contributed by atoms with Crippen LogP contribution in [0.3, 0.4) is 0 Å². The number of carbonyl (C=O) groups excluding carboxylic acids is 3. The van der Waals surface area contributed by atoms with E-state index in [9.17, 15) is 40.7 Å². The summed E-state index contributed by atoms with van der Waals surface area (Å²) in [5.74, 6) is -2.04. The molecule has 0 saturated carbocycles. The van der Waals surface area contributed by atoms with Crippen molar-refractivity contribution in [3.8, 4) is 0 Å². The number of alkyl halides is 6. The maximum Gasteiger partial charge on any atom is 0.416 e. The third-order valence-electron chi connectivity index (χ3n) is 7.59. The molecule has 0 aliphatic carbocycles. The quantitative estimate of drug-likeness (QED) is 0.487. The number of nitrogens with zero attached hydrogens (tertiary/aromatic N) is 3. The normalized spacial score (nSPS) is 20.2. The topological polar surface area (TPSA) is 60.9 Å². The first kappa shape index (κ1) is 29.4. The first-order valence-corrected chi connectivity index (χ1v) is 12.8. The summed E-state index contributed by atoms with van der Waals surface area (Å²) in [6.07, 6.45) is -9.70.